The van der Waals surface area contributed by atoms with E-state index in [0.717, 1.165) is 64.4 Å². The molecule has 0 fully saturated rings. The Morgan fingerprint density at radius 1 is 0.650 bits per heavy atom. The van der Waals surface area contributed by atoms with E-state index in [9.17, 15) is 35.5 Å². The lowest BCUT2D eigenvalue weighted by molar-refractivity contribution is -0.657. The fraction of sp³-hybridized carbons (Fsp3) is 0.444. The Morgan fingerprint density at radius 3 is 1.28 bits per heavy atom. The second-order valence-corrected chi connectivity index (χ2v) is 15.0. The molecule has 0 bridgehead atoms. The van der Waals surface area contributed by atoms with Crippen LogP contribution < -0.4 is 30.4 Å². The van der Waals surface area contributed by atoms with E-state index in [2.05, 4.69) is 50.1 Å². The monoisotopic (exact) mass is 878 g/mol. The summed E-state index contributed by atoms with van der Waals surface area (Å²) < 4.78 is 69.6. The normalized spacial score (nSPS) is 11.4. The van der Waals surface area contributed by atoms with Crippen LogP contribution >= 0.6 is 0 Å². The molecule has 4 rings (SSSR count). The Kier molecular flexibility index (Phi) is 21.1. The highest BCUT2D eigenvalue weighted by Gasteiger charge is 2.14. The summed E-state index contributed by atoms with van der Waals surface area (Å²) >= 11 is 0. The molecule has 4 aromatic rings. The second-order valence-electron chi connectivity index (χ2n) is 12.7. The molecule has 0 aliphatic rings. The fourth-order valence-corrected chi connectivity index (χ4v) is 4.88. The number of amides is 2. The predicted molar refractivity (Wildman–Crippen MR) is 221 cm³/mol. The van der Waals surface area contributed by atoms with Crippen molar-refractivity contribution in [2.24, 2.45) is 48.6 Å². The largest absolute Gasteiger partial charge is 0.726 e. The van der Waals surface area contributed by atoms with Gasteiger partial charge in [0.2, 0.25) is 32.6 Å². The molecule has 2 amide bonds. The van der Waals surface area contributed by atoms with Gasteiger partial charge < -0.3 is 30.4 Å². The number of benzene rings is 2. The van der Waals surface area contributed by atoms with Gasteiger partial charge in [0.1, 0.15) is 11.4 Å². The highest BCUT2D eigenvalue weighted by atomic mass is 32.3. The third-order valence-corrected chi connectivity index (χ3v) is 8.95. The lowest BCUT2D eigenvalue weighted by Crippen LogP contribution is -2.25. The van der Waals surface area contributed by atoms with Crippen LogP contribution in [-0.4, -0.2) is 74.2 Å². The number of azo groups is 2. The number of hydrogen-bond donors (Lipinski definition) is 4. The Labute approximate surface area is 350 Å². The number of carbonyl (C=O) groups is 2. The van der Waals surface area contributed by atoms with Gasteiger partial charge in [0.15, 0.2) is 0 Å². The Hall–Kier alpha value is -5.66. The van der Waals surface area contributed by atoms with Crippen LogP contribution in [0.3, 0.4) is 0 Å². The quantitative estimate of drug-likeness (QED) is 0.0325. The molecular weight excluding hydrogens is 825 g/mol. The molecule has 0 aliphatic heterocycles. The van der Waals surface area contributed by atoms with Gasteiger partial charge >= 0.3 is 11.9 Å². The molecule has 60 heavy (non-hydrogen) atoms. The average molecular weight is 879 g/mol. The fourth-order valence-electron chi connectivity index (χ4n) is 4.88. The van der Waals surface area contributed by atoms with Gasteiger partial charge in [-0.1, -0.05) is 36.9 Å². The standard InChI is InChI=1S/C34H46N12O2.2CH4O4S/c1-7-31(47)37-25-13-15-27(29(23-25)39-41-33-43(3)19-20-44(33)4)35-17-11-9-10-12-18-36-28-16-14-26(38-32(48)8-2)24-30(28)40-42-34-45(5)21-22-46(34)6;2*1-5-6(2,3)4/h13-16,19-24H,7-12,17-18H2,1-6H3,(H2,37,38,39,40,47,48);2*1H3,(H,2,3,4). The zero-order valence-corrected chi connectivity index (χ0v) is 36.5. The molecule has 4 N–H and O–H groups in total. The van der Waals surface area contributed by atoms with Crippen LogP contribution in [0.15, 0.2) is 81.6 Å². The molecule has 2 aromatic heterocycles. The maximum Gasteiger partial charge on any atom is 0.421 e. The van der Waals surface area contributed by atoms with Gasteiger partial charge in [0.05, 0.1) is 78.6 Å². The number of rotatable bonds is 19. The maximum absolute atomic E-state index is 12.0. The number of imidazole rings is 2. The van der Waals surface area contributed by atoms with E-state index < -0.39 is 20.8 Å². The minimum Gasteiger partial charge on any atom is -0.726 e. The van der Waals surface area contributed by atoms with Gasteiger partial charge in [0, 0.05) is 47.5 Å². The van der Waals surface area contributed by atoms with E-state index in [-0.39, 0.29) is 11.8 Å². The van der Waals surface area contributed by atoms with Crippen molar-refractivity contribution in [3.05, 3.63) is 61.2 Å². The van der Waals surface area contributed by atoms with E-state index >= 15 is 0 Å². The summed E-state index contributed by atoms with van der Waals surface area (Å²) in [6, 6.07) is 11.3. The lowest BCUT2D eigenvalue weighted by Gasteiger charge is -2.12. The molecule has 0 atom stereocenters. The summed E-state index contributed by atoms with van der Waals surface area (Å²) in [6.07, 6.45) is 12.5. The van der Waals surface area contributed by atoms with Crippen LogP contribution in [0.1, 0.15) is 52.4 Å². The summed E-state index contributed by atoms with van der Waals surface area (Å²) in [4.78, 5) is 23.9. The van der Waals surface area contributed by atoms with Crippen LogP contribution in [0.5, 0.6) is 0 Å². The summed E-state index contributed by atoms with van der Waals surface area (Å²) in [5.41, 5.74) is 4.40. The first kappa shape index (κ1) is 50.5. The molecule has 2 heterocycles. The maximum atomic E-state index is 12.0. The molecule has 0 saturated carbocycles. The Bertz CT molecular complexity index is 2090. The van der Waals surface area contributed by atoms with Crippen molar-refractivity contribution < 1.29 is 53.0 Å². The van der Waals surface area contributed by atoms with Gasteiger partial charge in [0.25, 0.3) is 0 Å². The SMILES string of the molecule is CCC(=O)Nc1ccc(NCCCCCCNc2ccc(NC(=O)CC)cc2N=Nc2n(C)cc[n+]2C)c(N=Nc2n(C)cc[n+]2C)c1.COS(=O)(=O)[O-].COS(=O)(=O)[O-]. The molecule has 0 aliphatic carbocycles. The van der Waals surface area contributed by atoms with Crippen LogP contribution in [0, 0.1) is 0 Å². The van der Waals surface area contributed by atoms with Crippen LogP contribution in [0.25, 0.3) is 0 Å². The highest BCUT2D eigenvalue weighted by Crippen LogP contribution is 2.31. The number of aromatic nitrogens is 4. The molecular formula is C36H54N12O10S2. The van der Waals surface area contributed by atoms with Crippen molar-refractivity contribution in [1.29, 1.82) is 0 Å². The van der Waals surface area contributed by atoms with Crippen LogP contribution in [0.4, 0.5) is 46.0 Å². The second kappa shape index (κ2) is 25.1. The molecule has 2 aromatic carbocycles. The number of carbonyl (C=O) groups excluding carboxylic acids is 2. The average Bonchev–Trinajstić information content (AvgIpc) is 3.71. The first-order valence-electron chi connectivity index (χ1n) is 18.5. The van der Waals surface area contributed by atoms with E-state index in [1.807, 2.05) is 121 Å². The lowest BCUT2D eigenvalue weighted by atomic mass is 10.1. The summed E-state index contributed by atoms with van der Waals surface area (Å²) in [6.45, 7) is 5.20. The summed E-state index contributed by atoms with van der Waals surface area (Å²) in [7, 11) is 0.466. The van der Waals surface area contributed by atoms with E-state index in [1.54, 1.807) is 0 Å². The van der Waals surface area contributed by atoms with Crippen LogP contribution in [0.2, 0.25) is 0 Å². The van der Waals surface area contributed by atoms with E-state index in [4.69, 9.17) is 0 Å². The van der Waals surface area contributed by atoms with Gasteiger partial charge in [-0.2, -0.15) is 0 Å². The first-order chi connectivity index (χ1) is 28.3. The van der Waals surface area contributed by atoms with Crippen molar-refractivity contribution >= 4 is 78.6 Å². The number of aryl methyl sites for hydroxylation is 4. The molecule has 330 valence electrons. The number of nitrogens with zero attached hydrogens (tertiary/aromatic N) is 8. The Balaban J connectivity index is 0.000000902. The molecule has 0 radical (unpaired) electrons. The number of nitrogens with one attached hydrogen (secondary N) is 4. The summed E-state index contributed by atoms with van der Waals surface area (Å²) in [5.74, 6) is 1.30. The zero-order chi connectivity index (χ0) is 44.9. The van der Waals surface area contributed by atoms with E-state index in [1.165, 1.54) is 0 Å². The van der Waals surface area contributed by atoms with Gasteiger partial charge in [-0.05, 0) is 49.2 Å². The smallest absolute Gasteiger partial charge is 0.421 e. The first-order valence-corrected chi connectivity index (χ1v) is 21.2. The predicted octanol–water partition coefficient (Wildman–Crippen LogP) is 4.81. The molecule has 22 nitrogen and oxygen atoms in total. The minimum absolute atomic E-state index is 0.0543. The van der Waals surface area contributed by atoms with E-state index in [0.29, 0.717) is 47.5 Å². The van der Waals surface area contributed by atoms with Gasteiger partial charge in [-0.3, -0.25) is 18.0 Å². The highest BCUT2D eigenvalue weighted by molar-refractivity contribution is 7.81. The topological polar surface area (TPSA) is 282 Å². The zero-order valence-electron chi connectivity index (χ0n) is 34.9. The number of anilines is 4. The van der Waals surface area contributed by atoms with Crippen molar-refractivity contribution in [3.8, 4) is 0 Å². The number of hydrogen-bond acceptors (Lipinski definition) is 16. The molecule has 24 heteroatoms. The van der Waals surface area contributed by atoms with Crippen molar-refractivity contribution in [1.82, 2.24) is 9.13 Å². The van der Waals surface area contributed by atoms with Crippen molar-refractivity contribution in [3.63, 3.8) is 0 Å². The minimum atomic E-state index is -4.41. The van der Waals surface area contributed by atoms with Crippen molar-refractivity contribution in [2.75, 3.05) is 48.6 Å². The third-order valence-electron chi connectivity index (χ3n) is 8.13. The van der Waals surface area contributed by atoms with Crippen molar-refractivity contribution in [2.45, 2.75) is 52.4 Å². The third kappa shape index (κ3) is 18.9. The van der Waals surface area contributed by atoms with Gasteiger partial charge in [-0.25, -0.2) is 35.1 Å². The van der Waals surface area contributed by atoms with Crippen LogP contribution in [-0.2, 0) is 66.9 Å². The summed E-state index contributed by atoms with van der Waals surface area (Å²) in [5, 5.41) is 30.8. The van der Waals surface area contributed by atoms with Gasteiger partial charge in [-0.15, -0.1) is 0 Å². The number of unbranched alkanes of at least 4 members (excludes halogenated alkanes) is 3. The Morgan fingerprint density at radius 2 is 1.00 bits per heavy atom. The molecule has 0 unspecified atom stereocenters. The molecule has 0 spiro atoms. The molecule has 0 saturated heterocycles.